The number of carbonyl (C=O) groups is 11. The summed E-state index contributed by atoms with van der Waals surface area (Å²) in [7, 11) is 0. The average molecular weight is 946 g/mol. The van der Waals surface area contributed by atoms with Crippen LogP contribution in [0.2, 0.25) is 0 Å². The number of amides is 8. The first kappa shape index (κ1) is 58.6. The Balaban J connectivity index is 5.80. The van der Waals surface area contributed by atoms with Gasteiger partial charge < -0.3 is 91.6 Å². The van der Waals surface area contributed by atoms with Crippen molar-refractivity contribution in [2.75, 3.05) is 32.8 Å². The van der Waals surface area contributed by atoms with E-state index in [1.807, 2.05) is 0 Å². The van der Waals surface area contributed by atoms with Crippen LogP contribution < -0.4 is 71.2 Å². The number of carbonyl (C=O) groups excluding carboxylic acids is 8. The maximum Gasteiger partial charge on any atom is 0.326 e. The van der Waals surface area contributed by atoms with E-state index in [4.69, 9.17) is 33.8 Å². The van der Waals surface area contributed by atoms with Gasteiger partial charge in [0, 0.05) is 19.5 Å². The molecule has 0 aliphatic carbocycles. The molecule has 0 fully saturated rings. The fourth-order valence-electron chi connectivity index (χ4n) is 5.32. The molecular weight excluding hydrogens is 882 g/mol. The summed E-state index contributed by atoms with van der Waals surface area (Å²) in [4.78, 5) is 145. The quantitative estimate of drug-likeness (QED) is 0.0169. The SMILES string of the molecule is CC(C)[C@H](NC(=O)[C@H](CCCN=C(N)N)NC(=O)CNC(=O)CNC(=O)[C@H](CC(=O)O)NC(=O)[C@H](CCC(=O)O)NC(=O)[C@H](C)N)C(=O)N[C@@H](CO)C(=O)N[C@@H](CCCN=C(N)N)C(=O)O. The summed E-state index contributed by atoms with van der Waals surface area (Å²) in [6.07, 6.45) is -2.04. The third kappa shape index (κ3) is 25.1. The number of hydrogen-bond donors (Lipinski definition) is 17. The third-order valence-electron chi connectivity index (χ3n) is 8.79. The molecule has 0 rings (SSSR count). The maximum atomic E-state index is 13.6. The van der Waals surface area contributed by atoms with E-state index in [1.165, 1.54) is 20.8 Å². The minimum absolute atomic E-state index is 0.000705. The lowest BCUT2D eigenvalue weighted by Gasteiger charge is -2.27. The first-order chi connectivity index (χ1) is 30.8. The smallest absolute Gasteiger partial charge is 0.326 e. The Morgan fingerprint density at radius 3 is 1.47 bits per heavy atom. The molecule has 66 heavy (non-hydrogen) atoms. The molecule has 0 saturated carbocycles. The normalized spacial score (nSPS) is 13.8. The molecule has 0 radical (unpaired) electrons. The molecule has 0 unspecified atom stereocenters. The van der Waals surface area contributed by atoms with Crippen molar-refractivity contribution in [3.63, 3.8) is 0 Å². The van der Waals surface area contributed by atoms with E-state index < -0.39 is 152 Å². The summed E-state index contributed by atoms with van der Waals surface area (Å²) in [6.45, 7) is 1.77. The minimum atomic E-state index is -1.82. The Bertz CT molecular complexity index is 1790. The van der Waals surface area contributed by atoms with Gasteiger partial charge in [0.05, 0.1) is 32.2 Å². The predicted octanol–water partition coefficient (Wildman–Crippen LogP) is -8.35. The molecule has 372 valence electrons. The molecule has 0 bridgehead atoms. The summed E-state index contributed by atoms with van der Waals surface area (Å²) in [5.74, 6) is -13.5. The zero-order valence-electron chi connectivity index (χ0n) is 36.7. The van der Waals surface area contributed by atoms with Crippen molar-refractivity contribution < 1.29 is 73.2 Å². The van der Waals surface area contributed by atoms with Gasteiger partial charge in [0.25, 0.3) is 0 Å². The average Bonchev–Trinajstić information content (AvgIpc) is 3.22. The second-order valence-electron chi connectivity index (χ2n) is 14.8. The monoisotopic (exact) mass is 945 g/mol. The summed E-state index contributed by atoms with van der Waals surface area (Å²) in [5, 5.41) is 55.7. The number of aliphatic hydroxyl groups excluding tert-OH is 1. The van der Waals surface area contributed by atoms with Crippen molar-refractivity contribution >= 4 is 77.1 Å². The van der Waals surface area contributed by atoms with E-state index in [-0.39, 0.29) is 50.7 Å². The van der Waals surface area contributed by atoms with Crippen molar-refractivity contribution in [1.29, 1.82) is 0 Å². The number of guanidine groups is 2. The fourth-order valence-corrected chi connectivity index (χ4v) is 5.32. The van der Waals surface area contributed by atoms with Crippen LogP contribution in [0.25, 0.3) is 0 Å². The van der Waals surface area contributed by atoms with Crippen molar-refractivity contribution in [2.45, 2.75) is 108 Å². The van der Waals surface area contributed by atoms with Gasteiger partial charge >= 0.3 is 17.9 Å². The van der Waals surface area contributed by atoms with Crippen LogP contribution in [-0.4, -0.2) is 173 Å². The highest BCUT2D eigenvalue weighted by Gasteiger charge is 2.33. The van der Waals surface area contributed by atoms with Gasteiger partial charge in [0.1, 0.15) is 36.3 Å². The molecule has 0 aromatic carbocycles. The zero-order valence-corrected chi connectivity index (χ0v) is 36.7. The van der Waals surface area contributed by atoms with Crippen LogP contribution in [0.1, 0.15) is 65.7 Å². The maximum absolute atomic E-state index is 13.6. The molecule has 7 atom stereocenters. The molecule has 0 aromatic heterocycles. The Morgan fingerprint density at radius 1 is 0.515 bits per heavy atom. The van der Waals surface area contributed by atoms with Gasteiger partial charge in [-0.25, -0.2) is 4.79 Å². The topological polar surface area (TPSA) is 520 Å². The number of nitrogens with two attached hydrogens (primary N) is 5. The number of aliphatic imine (C=N–C) groups is 2. The van der Waals surface area contributed by atoms with Crippen LogP contribution in [0.3, 0.4) is 0 Å². The minimum Gasteiger partial charge on any atom is -0.481 e. The van der Waals surface area contributed by atoms with Crippen LogP contribution in [0.15, 0.2) is 9.98 Å². The van der Waals surface area contributed by atoms with Gasteiger partial charge in [0.2, 0.25) is 47.3 Å². The van der Waals surface area contributed by atoms with Gasteiger partial charge in [-0.3, -0.25) is 57.9 Å². The van der Waals surface area contributed by atoms with Crippen molar-refractivity contribution in [3.8, 4) is 0 Å². The summed E-state index contributed by atoms with van der Waals surface area (Å²) in [5.41, 5.74) is 26.7. The molecule has 22 N–H and O–H groups in total. The number of aliphatic hydroxyl groups is 1. The van der Waals surface area contributed by atoms with E-state index in [0.717, 1.165) is 0 Å². The van der Waals surface area contributed by atoms with E-state index in [1.54, 1.807) is 0 Å². The summed E-state index contributed by atoms with van der Waals surface area (Å²) >= 11 is 0. The Kier molecular flexibility index (Phi) is 27.2. The summed E-state index contributed by atoms with van der Waals surface area (Å²) in [6, 6.07) is -10.4. The van der Waals surface area contributed by atoms with E-state index in [9.17, 15) is 68.1 Å². The van der Waals surface area contributed by atoms with Gasteiger partial charge in [-0.2, -0.15) is 0 Å². The molecule has 30 nitrogen and oxygen atoms in total. The van der Waals surface area contributed by atoms with Crippen molar-refractivity contribution in [2.24, 2.45) is 44.6 Å². The molecule has 0 aromatic rings. The number of rotatable bonds is 32. The van der Waals surface area contributed by atoms with Gasteiger partial charge in [-0.05, 0) is 44.9 Å². The highest BCUT2D eigenvalue weighted by Crippen LogP contribution is 2.07. The molecule has 0 saturated heterocycles. The fraction of sp³-hybridized carbons (Fsp3) is 0.639. The second kappa shape index (κ2) is 30.7. The van der Waals surface area contributed by atoms with Crippen molar-refractivity contribution in [1.82, 2.24) is 42.5 Å². The lowest BCUT2D eigenvalue weighted by atomic mass is 10.0. The number of carboxylic acids is 3. The number of nitrogens with zero attached hydrogens (tertiary/aromatic N) is 2. The highest BCUT2D eigenvalue weighted by atomic mass is 16.4. The third-order valence-corrected chi connectivity index (χ3v) is 8.79. The standard InChI is InChI=1S/C36H63N15O15/c1-16(2)27(33(64)50-22(15-52)32(63)48-20(34(65)66)7-5-11-43-36(40)41)51-31(62)18(6-4-10-42-35(38)39)46-24(54)14-44-23(53)13-45-29(60)21(12-26(57)58)49-30(61)19(8-9-25(55)56)47-28(59)17(3)37/h16-22,27,52H,4-15,37H2,1-3H3,(H,44,53)(H,45,60)(H,46,54)(H,47,59)(H,48,63)(H,49,61)(H,50,64)(H,51,62)(H,55,56)(H,57,58)(H,65,66)(H4,38,39,42)(H4,40,41,43)/t17-,18-,19-,20-,21-,22-,27-/m0/s1. The Labute approximate surface area is 377 Å². The van der Waals surface area contributed by atoms with Gasteiger partial charge in [-0.1, -0.05) is 13.8 Å². The molecule has 30 heteroatoms. The van der Waals surface area contributed by atoms with Crippen LogP contribution in [0.5, 0.6) is 0 Å². The van der Waals surface area contributed by atoms with Crippen LogP contribution in [0.4, 0.5) is 0 Å². The van der Waals surface area contributed by atoms with Gasteiger partial charge in [-0.15, -0.1) is 0 Å². The van der Waals surface area contributed by atoms with Crippen LogP contribution in [0, 0.1) is 5.92 Å². The molecule has 0 aliphatic rings. The lowest BCUT2D eigenvalue weighted by Crippen LogP contribution is -2.60. The molecule has 0 heterocycles. The first-order valence-corrected chi connectivity index (χ1v) is 20.3. The molecule has 0 aliphatic heterocycles. The first-order valence-electron chi connectivity index (χ1n) is 20.3. The van der Waals surface area contributed by atoms with Gasteiger partial charge in [0.15, 0.2) is 11.9 Å². The Hall–Kier alpha value is -7.37. The number of carboxylic acid groups (broad SMARTS) is 3. The molecular formula is C36H63N15O15. The van der Waals surface area contributed by atoms with Crippen LogP contribution in [-0.2, 0) is 52.7 Å². The largest absolute Gasteiger partial charge is 0.481 e. The lowest BCUT2D eigenvalue weighted by molar-refractivity contribution is -0.143. The molecule has 8 amide bonds. The molecule has 0 spiro atoms. The highest BCUT2D eigenvalue weighted by molar-refractivity contribution is 5.97. The van der Waals surface area contributed by atoms with E-state index in [2.05, 4.69) is 52.5 Å². The second-order valence-corrected chi connectivity index (χ2v) is 14.8. The number of aliphatic carboxylic acids is 3. The number of nitrogens with one attached hydrogen (secondary N) is 8. The Morgan fingerprint density at radius 2 is 0.985 bits per heavy atom. The zero-order chi connectivity index (χ0) is 50.7. The van der Waals surface area contributed by atoms with Crippen molar-refractivity contribution in [3.05, 3.63) is 0 Å². The predicted molar refractivity (Wildman–Crippen MR) is 230 cm³/mol. The van der Waals surface area contributed by atoms with Crippen LogP contribution >= 0.6 is 0 Å². The van der Waals surface area contributed by atoms with E-state index in [0.29, 0.717) is 0 Å². The number of hydrogen-bond acceptors (Lipinski definition) is 15. The summed E-state index contributed by atoms with van der Waals surface area (Å²) < 4.78 is 0. The van der Waals surface area contributed by atoms with E-state index >= 15 is 0 Å².